The van der Waals surface area contributed by atoms with Gasteiger partial charge in [-0.25, -0.2) is 0 Å². The van der Waals surface area contributed by atoms with Gasteiger partial charge in [-0.2, -0.15) is 8.78 Å². The van der Waals surface area contributed by atoms with Crippen molar-refractivity contribution in [2.75, 3.05) is 0 Å². The summed E-state index contributed by atoms with van der Waals surface area (Å²) in [5.74, 6) is -3.36. The van der Waals surface area contributed by atoms with E-state index in [2.05, 4.69) is 0 Å². The molecule has 3 heteroatoms. The lowest BCUT2D eigenvalue weighted by atomic mass is 10.0. The smallest absolute Gasteiger partial charge is 0.296 e. The van der Waals surface area contributed by atoms with Crippen molar-refractivity contribution in [2.24, 2.45) is 0 Å². The van der Waals surface area contributed by atoms with E-state index < -0.39 is 5.92 Å². The van der Waals surface area contributed by atoms with Crippen molar-refractivity contribution in [3.63, 3.8) is 0 Å². The van der Waals surface area contributed by atoms with Crippen LogP contribution in [0, 0.1) is 0 Å². The van der Waals surface area contributed by atoms with Crippen LogP contribution in [-0.4, -0.2) is 6.29 Å². The predicted molar refractivity (Wildman–Crippen MR) is 50.4 cm³/mol. The first-order valence-electron chi connectivity index (χ1n) is 4.53. The lowest BCUT2D eigenvalue weighted by Crippen LogP contribution is -2.14. The Morgan fingerprint density at radius 3 is 2.29 bits per heavy atom. The number of benzene rings is 1. The number of aldehydes is 1. The monoisotopic (exact) mass is 198 g/mol. The molecule has 1 nitrogen and oxygen atoms in total. The summed E-state index contributed by atoms with van der Waals surface area (Å²) in [7, 11) is 0. The largest absolute Gasteiger partial charge is 0.327 e. The van der Waals surface area contributed by atoms with E-state index in [0.717, 1.165) is 18.4 Å². The highest BCUT2D eigenvalue weighted by Crippen LogP contribution is 2.25. The highest BCUT2D eigenvalue weighted by Gasteiger charge is 2.30. The van der Waals surface area contributed by atoms with Gasteiger partial charge in [0.25, 0.3) is 0 Å². The summed E-state index contributed by atoms with van der Waals surface area (Å²) < 4.78 is 25.7. The van der Waals surface area contributed by atoms with Crippen LogP contribution in [0.4, 0.5) is 8.78 Å². The Kier molecular flexibility index (Phi) is 3.33. The van der Waals surface area contributed by atoms with Gasteiger partial charge in [0.2, 0.25) is 0 Å². The van der Waals surface area contributed by atoms with Gasteiger partial charge in [-0.05, 0) is 12.0 Å². The van der Waals surface area contributed by atoms with Gasteiger partial charge in [0, 0.05) is 5.56 Å². The fourth-order valence-corrected chi connectivity index (χ4v) is 1.25. The summed E-state index contributed by atoms with van der Waals surface area (Å²) in [5, 5.41) is 0. The van der Waals surface area contributed by atoms with Gasteiger partial charge in [0.15, 0.2) is 6.29 Å². The van der Waals surface area contributed by atoms with E-state index in [0.29, 0.717) is 0 Å². The Morgan fingerprint density at radius 2 is 1.86 bits per heavy atom. The predicted octanol–water partition coefficient (Wildman–Crippen LogP) is 2.93. The molecule has 0 unspecified atom stereocenters. The van der Waals surface area contributed by atoms with Crippen LogP contribution in [0.5, 0.6) is 0 Å². The number of aryl methyl sites for hydroxylation is 1. The minimum absolute atomic E-state index is 0.243. The lowest BCUT2D eigenvalue weighted by Gasteiger charge is -2.09. The van der Waals surface area contributed by atoms with Gasteiger partial charge in [0.05, 0.1) is 0 Å². The topological polar surface area (TPSA) is 17.1 Å². The molecule has 0 radical (unpaired) electrons. The van der Waals surface area contributed by atoms with Crippen molar-refractivity contribution in [3.8, 4) is 0 Å². The minimum Gasteiger partial charge on any atom is -0.296 e. The molecule has 1 aromatic rings. The maximum atomic E-state index is 12.8. The molecule has 0 bridgehead atoms. The second-order valence-corrected chi connectivity index (χ2v) is 3.19. The molecule has 0 fully saturated rings. The second kappa shape index (κ2) is 4.31. The van der Waals surface area contributed by atoms with Gasteiger partial charge in [-0.15, -0.1) is 0 Å². The van der Waals surface area contributed by atoms with Crippen molar-refractivity contribution in [1.82, 2.24) is 0 Å². The van der Waals surface area contributed by atoms with E-state index in [9.17, 15) is 13.6 Å². The quantitative estimate of drug-likeness (QED) is 0.680. The van der Waals surface area contributed by atoms with Crippen LogP contribution in [-0.2, 0) is 17.1 Å². The highest BCUT2D eigenvalue weighted by atomic mass is 19.3. The Bertz CT molecular complexity index is 304. The molecule has 0 saturated heterocycles. The SMILES string of the molecule is CCCc1ccc(C(F)(F)C=O)cc1. The molecular weight excluding hydrogens is 186 g/mol. The molecule has 1 rings (SSSR count). The number of hydrogen-bond donors (Lipinski definition) is 0. The van der Waals surface area contributed by atoms with Crippen molar-refractivity contribution < 1.29 is 13.6 Å². The molecule has 0 spiro atoms. The van der Waals surface area contributed by atoms with Gasteiger partial charge in [-0.1, -0.05) is 37.6 Å². The minimum atomic E-state index is -3.36. The molecule has 76 valence electrons. The van der Waals surface area contributed by atoms with E-state index in [1.807, 2.05) is 6.92 Å². The summed E-state index contributed by atoms with van der Waals surface area (Å²) in [4.78, 5) is 10.1. The van der Waals surface area contributed by atoms with E-state index in [4.69, 9.17) is 0 Å². The molecule has 0 atom stereocenters. The third-order valence-electron chi connectivity index (χ3n) is 2.03. The van der Waals surface area contributed by atoms with Gasteiger partial charge in [-0.3, -0.25) is 4.79 Å². The fraction of sp³-hybridized carbons (Fsp3) is 0.364. The molecule has 0 aromatic heterocycles. The van der Waals surface area contributed by atoms with Crippen LogP contribution in [0.15, 0.2) is 24.3 Å². The number of halogens is 2. The van der Waals surface area contributed by atoms with Crippen LogP contribution in [0.1, 0.15) is 24.5 Å². The number of carbonyl (C=O) groups is 1. The lowest BCUT2D eigenvalue weighted by molar-refractivity contribution is -0.130. The van der Waals surface area contributed by atoms with Gasteiger partial charge >= 0.3 is 5.92 Å². The molecule has 0 aliphatic rings. The first-order valence-corrected chi connectivity index (χ1v) is 4.53. The first kappa shape index (κ1) is 10.8. The fourth-order valence-electron chi connectivity index (χ4n) is 1.25. The van der Waals surface area contributed by atoms with Crippen LogP contribution in [0.25, 0.3) is 0 Å². The Morgan fingerprint density at radius 1 is 1.29 bits per heavy atom. The second-order valence-electron chi connectivity index (χ2n) is 3.19. The van der Waals surface area contributed by atoms with Gasteiger partial charge in [0.1, 0.15) is 0 Å². The normalized spacial score (nSPS) is 11.4. The number of alkyl halides is 2. The van der Waals surface area contributed by atoms with E-state index in [-0.39, 0.29) is 11.8 Å². The van der Waals surface area contributed by atoms with Crippen molar-refractivity contribution >= 4 is 6.29 Å². The van der Waals surface area contributed by atoms with Crippen molar-refractivity contribution in [1.29, 1.82) is 0 Å². The molecule has 0 aliphatic heterocycles. The summed E-state index contributed by atoms with van der Waals surface area (Å²) >= 11 is 0. The Hall–Kier alpha value is -1.25. The maximum absolute atomic E-state index is 12.8. The average molecular weight is 198 g/mol. The third kappa shape index (κ3) is 2.37. The van der Waals surface area contributed by atoms with Crippen LogP contribution < -0.4 is 0 Å². The van der Waals surface area contributed by atoms with E-state index in [1.165, 1.54) is 12.1 Å². The number of rotatable bonds is 4. The van der Waals surface area contributed by atoms with Crippen LogP contribution in [0.3, 0.4) is 0 Å². The van der Waals surface area contributed by atoms with Crippen molar-refractivity contribution in [2.45, 2.75) is 25.7 Å². The average Bonchev–Trinajstić information content (AvgIpc) is 2.19. The number of hydrogen-bond acceptors (Lipinski definition) is 1. The van der Waals surface area contributed by atoms with Crippen LogP contribution >= 0.6 is 0 Å². The summed E-state index contributed by atoms with van der Waals surface area (Å²) in [6.45, 7) is 2.02. The Labute approximate surface area is 81.7 Å². The number of carbonyl (C=O) groups excluding carboxylic acids is 1. The van der Waals surface area contributed by atoms with Crippen molar-refractivity contribution in [3.05, 3.63) is 35.4 Å². The molecular formula is C11H12F2O. The summed E-state index contributed by atoms with van der Waals surface area (Å²) in [6.07, 6.45) is 1.51. The van der Waals surface area contributed by atoms with Crippen LogP contribution in [0.2, 0.25) is 0 Å². The standard InChI is InChI=1S/C11H12F2O/c1-2-3-9-4-6-10(7-5-9)11(12,13)8-14/h4-8H,2-3H2,1H3. The van der Waals surface area contributed by atoms with E-state index in [1.54, 1.807) is 12.1 Å². The molecule has 14 heavy (non-hydrogen) atoms. The third-order valence-corrected chi connectivity index (χ3v) is 2.03. The molecule has 0 saturated carbocycles. The van der Waals surface area contributed by atoms with E-state index >= 15 is 0 Å². The summed E-state index contributed by atoms with van der Waals surface area (Å²) in [5.41, 5.74) is 0.769. The zero-order valence-corrected chi connectivity index (χ0v) is 7.97. The van der Waals surface area contributed by atoms with Gasteiger partial charge < -0.3 is 0 Å². The highest BCUT2D eigenvalue weighted by molar-refractivity contribution is 5.63. The molecule has 0 N–H and O–H groups in total. The molecule has 0 amide bonds. The zero-order chi connectivity index (χ0) is 10.6. The zero-order valence-electron chi connectivity index (χ0n) is 7.97. The maximum Gasteiger partial charge on any atom is 0.327 e. The summed E-state index contributed by atoms with van der Waals surface area (Å²) in [6, 6.07) is 5.88. The molecule has 0 heterocycles. The Balaban J connectivity index is 2.88. The molecule has 1 aromatic carbocycles. The molecule has 0 aliphatic carbocycles. The first-order chi connectivity index (χ1) is 6.60.